The van der Waals surface area contributed by atoms with Crippen LogP contribution in [-0.2, 0) is 0 Å². The third-order valence-electron chi connectivity index (χ3n) is 2.78. The van der Waals surface area contributed by atoms with E-state index in [2.05, 4.69) is 25.8 Å². The van der Waals surface area contributed by atoms with Gasteiger partial charge in [0.25, 0.3) is 0 Å². The molecule has 0 saturated carbocycles. The third kappa shape index (κ3) is 3.67. The van der Waals surface area contributed by atoms with Crippen LogP contribution in [-0.4, -0.2) is 15.2 Å². The van der Waals surface area contributed by atoms with Crippen LogP contribution in [0.5, 0.6) is 0 Å². The highest BCUT2D eigenvalue weighted by Crippen LogP contribution is 2.18. The van der Waals surface area contributed by atoms with Gasteiger partial charge in [-0.15, -0.1) is 5.10 Å². The van der Waals surface area contributed by atoms with Gasteiger partial charge in [0, 0.05) is 16.4 Å². The number of rotatable bonds is 4. The van der Waals surface area contributed by atoms with Gasteiger partial charge in [-0.1, -0.05) is 11.6 Å². The number of aromatic nitrogens is 3. The monoisotopic (exact) mass is 315 g/mol. The molecule has 0 radical (unpaired) electrons. The lowest BCUT2D eigenvalue weighted by atomic mass is 10.3. The maximum atomic E-state index is 12.9. The Bertz CT molecular complexity index is 699. The average Bonchev–Trinajstić information content (AvgIpc) is 2.52. The normalized spacial score (nSPS) is 10.3. The van der Waals surface area contributed by atoms with Gasteiger partial charge in [0.2, 0.25) is 5.95 Å². The molecule has 5 nitrogen and oxygen atoms in total. The first-order chi connectivity index (χ1) is 10.7. The summed E-state index contributed by atoms with van der Waals surface area (Å²) in [6.07, 6.45) is 1.50. The molecule has 7 heteroatoms. The van der Waals surface area contributed by atoms with E-state index in [1.165, 1.54) is 18.3 Å². The lowest BCUT2D eigenvalue weighted by Gasteiger charge is -2.07. The first-order valence-corrected chi connectivity index (χ1v) is 6.82. The van der Waals surface area contributed by atoms with Gasteiger partial charge in [-0.2, -0.15) is 10.1 Å². The summed E-state index contributed by atoms with van der Waals surface area (Å²) in [6, 6.07) is 13.1. The first-order valence-electron chi connectivity index (χ1n) is 6.44. The van der Waals surface area contributed by atoms with E-state index >= 15 is 0 Å². The molecule has 0 unspecified atom stereocenters. The number of nitrogens with one attached hydrogen (secondary N) is 2. The van der Waals surface area contributed by atoms with E-state index in [0.29, 0.717) is 22.5 Å². The molecule has 0 fully saturated rings. The highest BCUT2D eigenvalue weighted by Gasteiger charge is 2.02. The fourth-order valence-corrected chi connectivity index (χ4v) is 1.89. The Hall–Kier alpha value is -2.73. The predicted octanol–water partition coefficient (Wildman–Crippen LogP) is 4.15. The number of benzene rings is 2. The molecule has 0 saturated heterocycles. The Morgan fingerprint density at radius 2 is 1.50 bits per heavy atom. The van der Waals surface area contributed by atoms with Crippen LogP contribution < -0.4 is 10.6 Å². The maximum absolute atomic E-state index is 12.9. The van der Waals surface area contributed by atoms with Crippen molar-refractivity contribution < 1.29 is 4.39 Å². The van der Waals surface area contributed by atoms with Gasteiger partial charge in [-0.3, -0.25) is 0 Å². The van der Waals surface area contributed by atoms with Crippen LogP contribution in [0.3, 0.4) is 0 Å². The summed E-state index contributed by atoms with van der Waals surface area (Å²) < 4.78 is 12.9. The van der Waals surface area contributed by atoms with Crippen molar-refractivity contribution in [2.45, 2.75) is 0 Å². The van der Waals surface area contributed by atoms with Crippen LogP contribution in [0.4, 0.5) is 27.5 Å². The highest BCUT2D eigenvalue weighted by molar-refractivity contribution is 6.30. The van der Waals surface area contributed by atoms with Gasteiger partial charge < -0.3 is 10.6 Å². The molecule has 2 N–H and O–H groups in total. The molecule has 1 heterocycles. The van der Waals surface area contributed by atoms with Crippen molar-refractivity contribution in [1.29, 1.82) is 0 Å². The minimum atomic E-state index is -0.303. The zero-order valence-electron chi connectivity index (χ0n) is 11.3. The second-order valence-electron chi connectivity index (χ2n) is 4.43. The van der Waals surface area contributed by atoms with E-state index in [1.807, 2.05) is 12.1 Å². The van der Waals surface area contributed by atoms with E-state index in [9.17, 15) is 4.39 Å². The standard InChI is InChI=1S/C15H11ClFN5/c16-10-1-5-12(6-2-10)19-14-9-18-22-15(21-14)20-13-7-3-11(17)4-8-13/h1-9H,(H2,19,20,21,22). The van der Waals surface area contributed by atoms with Gasteiger partial charge in [-0.05, 0) is 48.5 Å². The minimum absolute atomic E-state index is 0.303. The van der Waals surface area contributed by atoms with Gasteiger partial charge in [0.15, 0.2) is 5.82 Å². The molecular weight excluding hydrogens is 305 g/mol. The molecule has 22 heavy (non-hydrogen) atoms. The smallest absolute Gasteiger partial charge is 0.249 e. The quantitative estimate of drug-likeness (QED) is 0.757. The van der Waals surface area contributed by atoms with E-state index in [0.717, 1.165) is 5.69 Å². The summed E-state index contributed by atoms with van der Waals surface area (Å²) in [6.45, 7) is 0. The summed E-state index contributed by atoms with van der Waals surface area (Å²) in [7, 11) is 0. The molecular formula is C15H11ClFN5. The molecule has 0 aliphatic carbocycles. The highest BCUT2D eigenvalue weighted by atomic mass is 35.5. The number of nitrogens with zero attached hydrogens (tertiary/aromatic N) is 3. The van der Waals surface area contributed by atoms with Crippen molar-refractivity contribution in [2.75, 3.05) is 10.6 Å². The van der Waals surface area contributed by atoms with E-state index < -0.39 is 0 Å². The topological polar surface area (TPSA) is 62.7 Å². The molecule has 2 aromatic carbocycles. The second-order valence-corrected chi connectivity index (χ2v) is 4.87. The predicted molar refractivity (Wildman–Crippen MR) is 84.2 cm³/mol. The van der Waals surface area contributed by atoms with Gasteiger partial charge >= 0.3 is 0 Å². The Morgan fingerprint density at radius 1 is 0.864 bits per heavy atom. The SMILES string of the molecule is Fc1ccc(Nc2nncc(Nc3ccc(Cl)cc3)n2)cc1. The van der Waals surface area contributed by atoms with E-state index in [4.69, 9.17) is 11.6 Å². The Balaban J connectivity index is 1.74. The van der Waals surface area contributed by atoms with Gasteiger partial charge in [0.05, 0.1) is 6.20 Å². The molecule has 0 bridgehead atoms. The zero-order chi connectivity index (χ0) is 15.4. The van der Waals surface area contributed by atoms with Crippen molar-refractivity contribution in [1.82, 2.24) is 15.2 Å². The Labute approximate surface area is 131 Å². The van der Waals surface area contributed by atoms with Crippen LogP contribution in [0, 0.1) is 5.82 Å². The van der Waals surface area contributed by atoms with Crippen LogP contribution in [0.15, 0.2) is 54.7 Å². The van der Waals surface area contributed by atoms with E-state index in [-0.39, 0.29) is 5.82 Å². The van der Waals surface area contributed by atoms with Crippen LogP contribution in [0.1, 0.15) is 0 Å². The number of anilines is 4. The fraction of sp³-hybridized carbons (Fsp3) is 0. The largest absolute Gasteiger partial charge is 0.339 e. The maximum Gasteiger partial charge on any atom is 0.249 e. The van der Waals surface area contributed by atoms with E-state index in [1.54, 1.807) is 24.3 Å². The molecule has 110 valence electrons. The van der Waals surface area contributed by atoms with Crippen molar-refractivity contribution in [3.63, 3.8) is 0 Å². The van der Waals surface area contributed by atoms with Crippen LogP contribution in [0.25, 0.3) is 0 Å². The molecule has 0 spiro atoms. The number of halogens is 2. The van der Waals surface area contributed by atoms with Gasteiger partial charge in [0.1, 0.15) is 5.82 Å². The summed E-state index contributed by atoms with van der Waals surface area (Å²) in [5, 5.41) is 14.5. The zero-order valence-corrected chi connectivity index (χ0v) is 12.0. The molecule has 0 aliphatic rings. The molecule has 1 aromatic heterocycles. The summed E-state index contributed by atoms with van der Waals surface area (Å²) in [5.41, 5.74) is 1.50. The van der Waals surface area contributed by atoms with Crippen molar-refractivity contribution in [3.8, 4) is 0 Å². The second kappa shape index (κ2) is 6.36. The Kier molecular flexibility index (Phi) is 4.11. The van der Waals surface area contributed by atoms with Crippen LogP contribution >= 0.6 is 11.6 Å². The number of hydrogen-bond donors (Lipinski definition) is 2. The Morgan fingerprint density at radius 3 is 2.23 bits per heavy atom. The van der Waals surface area contributed by atoms with Crippen molar-refractivity contribution >= 4 is 34.7 Å². The first kappa shape index (κ1) is 14.2. The minimum Gasteiger partial charge on any atom is -0.339 e. The van der Waals surface area contributed by atoms with Crippen molar-refractivity contribution in [2.24, 2.45) is 0 Å². The van der Waals surface area contributed by atoms with Crippen LogP contribution in [0.2, 0.25) is 5.02 Å². The van der Waals surface area contributed by atoms with Crippen molar-refractivity contribution in [3.05, 3.63) is 65.6 Å². The molecule has 3 aromatic rings. The molecule has 3 rings (SSSR count). The fourth-order valence-electron chi connectivity index (χ4n) is 1.76. The lowest BCUT2D eigenvalue weighted by Crippen LogP contribution is -2.02. The summed E-state index contributed by atoms with van der Waals surface area (Å²) >= 11 is 5.84. The van der Waals surface area contributed by atoms with Gasteiger partial charge in [-0.25, -0.2) is 4.39 Å². The summed E-state index contributed by atoms with van der Waals surface area (Å²) in [4.78, 5) is 4.29. The molecule has 0 amide bonds. The lowest BCUT2D eigenvalue weighted by molar-refractivity contribution is 0.628. The average molecular weight is 316 g/mol. The molecule has 0 atom stereocenters. The third-order valence-corrected chi connectivity index (χ3v) is 3.03. The molecule has 0 aliphatic heterocycles. The number of hydrogen-bond acceptors (Lipinski definition) is 5. The summed E-state index contributed by atoms with van der Waals surface area (Å²) in [5.74, 6) is 0.537.